The van der Waals surface area contributed by atoms with Gasteiger partial charge >= 0.3 is 5.69 Å². The second kappa shape index (κ2) is 20.6. The Morgan fingerprint density at radius 3 is 2.24 bits per heavy atom. The molecule has 58 heavy (non-hydrogen) atoms. The van der Waals surface area contributed by atoms with Crippen molar-refractivity contribution in [3.05, 3.63) is 153 Å². The first-order chi connectivity index (χ1) is 28.1. The number of carbonyl (C=O) groups excluding carboxylic acids is 1. The Hall–Kier alpha value is -5.00. The van der Waals surface area contributed by atoms with Crippen molar-refractivity contribution in [2.24, 2.45) is 0 Å². The fourth-order valence-electron chi connectivity index (χ4n) is 7.44. The van der Waals surface area contributed by atoms with E-state index in [0.717, 1.165) is 79.0 Å². The molecule has 0 aliphatic carbocycles. The summed E-state index contributed by atoms with van der Waals surface area (Å²) >= 11 is 7.87. The van der Waals surface area contributed by atoms with E-state index in [0.29, 0.717) is 23.2 Å². The number of nitro benzene ring substituents is 1. The number of thioether (sulfide) groups is 1. The van der Waals surface area contributed by atoms with Crippen LogP contribution >= 0.6 is 23.4 Å². The highest BCUT2D eigenvalue weighted by Gasteiger charge is 2.31. The molecule has 0 spiro atoms. The lowest BCUT2D eigenvalue weighted by Crippen LogP contribution is -2.46. The van der Waals surface area contributed by atoms with Gasteiger partial charge in [0.25, 0.3) is 11.6 Å². The average molecular weight is 819 g/mol. The lowest BCUT2D eigenvalue weighted by atomic mass is 9.99. The molecule has 1 aliphatic rings. The van der Waals surface area contributed by atoms with Crippen molar-refractivity contribution in [1.82, 2.24) is 15.1 Å². The maximum Gasteiger partial charge on any atom is 0.340 e. The van der Waals surface area contributed by atoms with Gasteiger partial charge in [0.05, 0.1) is 16.7 Å². The number of hydrogen-bond acceptors (Lipinski definition) is 7. The number of rotatable bonds is 18. The Morgan fingerprint density at radius 1 is 0.879 bits per heavy atom. The Morgan fingerprint density at radius 2 is 1.57 bits per heavy atom. The van der Waals surface area contributed by atoms with E-state index >= 15 is 0 Å². The number of nitro groups is 1. The molecule has 1 saturated heterocycles. The monoisotopic (exact) mass is 817 g/mol. The molecule has 302 valence electrons. The highest BCUT2D eigenvalue weighted by Crippen LogP contribution is 2.34. The van der Waals surface area contributed by atoms with Gasteiger partial charge in [0.2, 0.25) is 0 Å². The molecule has 0 saturated carbocycles. The smallest absolute Gasteiger partial charge is 0.340 e. The lowest BCUT2D eigenvalue weighted by Gasteiger charge is -2.36. The molecule has 1 unspecified atom stereocenters. The van der Waals surface area contributed by atoms with Gasteiger partial charge < -0.3 is 15.1 Å². The van der Waals surface area contributed by atoms with Crippen LogP contribution in [0.4, 0.5) is 17.1 Å². The normalized spacial score (nSPS) is 14.3. The minimum atomic E-state index is -0.390. The molecule has 1 amide bonds. The van der Waals surface area contributed by atoms with E-state index in [4.69, 9.17) is 11.6 Å². The minimum Gasteiger partial charge on any atom is -0.369 e. The number of nitrogens with one attached hydrogen (secondary N) is 1. The molecule has 1 N–H and O–H groups in total. The van der Waals surface area contributed by atoms with E-state index in [9.17, 15) is 14.9 Å². The van der Waals surface area contributed by atoms with Crippen molar-refractivity contribution in [3.63, 3.8) is 0 Å². The van der Waals surface area contributed by atoms with Gasteiger partial charge in [-0.3, -0.25) is 19.8 Å². The summed E-state index contributed by atoms with van der Waals surface area (Å²) in [5.74, 6) is 0.520. The van der Waals surface area contributed by atoms with E-state index in [1.165, 1.54) is 11.1 Å². The van der Waals surface area contributed by atoms with Gasteiger partial charge in [-0.1, -0.05) is 79.5 Å². The van der Waals surface area contributed by atoms with E-state index in [1.807, 2.05) is 81.7 Å². The predicted octanol–water partition coefficient (Wildman–Crippen LogP) is 9.97. The number of benzene rings is 5. The third kappa shape index (κ3) is 11.3. The third-order valence-electron chi connectivity index (χ3n) is 10.8. The van der Waals surface area contributed by atoms with Crippen LogP contribution < -0.4 is 10.2 Å². The number of amides is 1. The zero-order valence-corrected chi connectivity index (χ0v) is 35.3. The van der Waals surface area contributed by atoms with E-state index < -0.39 is 0 Å². The first-order valence-corrected chi connectivity index (χ1v) is 21.4. The Labute approximate surface area is 352 Å². The van der Waals surface area contributed by atoms with Crippen molar-refractivity contribution >= 4 is 53.0 Å². The van der Waals surface area contributed by atoms with E-state index in [2.05, 4.69) is 75.3 Å². The summed E-state index contributed by atoms with van der Waals surface area (Å²) in [7, 11) is 4.05. The molecule has 0 bridgehead atoms. The summed E-state index contributed by atoms with van der Waals surface area (Å²) < 4.78 is 1.80. The van der Waals surface area contributed by atoms with E-state index in [-0.39, 0.29) is 28.6 Å². The predicted molar refractivity (Wildman–Crippen MR) is 240 cm³/mol. The van der Waals surface area contributed by atoms with Crippen LogP contribution in [0.25, 0.3) is 11.1 Å². The van der Waals surface area contributed by atoms with Crippen molar-refractivity contribution < 1.29 is 14.3 Å². The zero-order valence-electron chi connectivity index (χ0n) is 33.7. The number of halogens is 1. The van der Waals surface area contributed by atoms with Gasteiger partial charge in [0, 0.05) is 79.0 Å². The van der Waals surface area contributed by atoms with Gasteiger partial charge in [-0.15, -0.1) is 11.8 Å². The molecular formula is C47H54ClN6O3S+. The topological polar surface area (TPSA) is 85.0 Å². The van der Waals surface area contributed by atoms with Crippen LogP contribution in [-0.2, 0) is 6.54 Å². The lowest BCUT2D eigenvalue weighted by molar-refractivity contribution is -0.483. The third-order valence-corrected chi connectivity index (χ3v) is 12.2. The highest BCUT2D eigenvalue weighted by molar-refractivity contribution is 7.99. The summed E-state index contributed by atoms with van der Waals surface area (Å²) in [4.78, 5) is 34.0. The molecule has 0 radical (unpaired) electrons. The van der Waals surface area contributed by atoms with Gasteiger partial charge in [-0.05, 0) is 97.4 Å². The standard InChI is InChI=1S/C47H53ClN6O3S/c1-5-11-44(37-20-25-45(46(32-37)54(56)57)51(4)41(26-27-50(2)3)34-58-42-13-7-6-8-14-42)49-47(55)36-18-23-40(24-19-36)53-30-28-52(29-31-53)33-38-12-9-10-15-43(38)35-16-21-39(48)22-17-35/h6-10,12-25,32,41,44H,4-5,11,26-31,33-34H2,1-3H3/p+1/t41-,44?/m1/s1. The molecule has 1 aliphatic heterocycles. The second-order valence-electron chi connectivity index (χ2n) is 15.1. The summed E-state index contributed by atoms with van der Waals surface area (Å²) in [5, 5.41) is 16.5. The summed E-state index contributed by atoms with van der Waals surface area (Å²) in [5.41, 5.74) is 6.47. The zero-order chi connectivity index (χ0) is 41.0. The van der Waals surface area contributed by atoms with Crippen molar-refractivity contribution in [2.45, 2.75) is 49.7 Å². The van der Waals surface area contributed by atoms with Gasteiger partial charge in [-0.25, -0.2) is 0 Å². The number of carbonyl (C=O) groups is 1. The van der Waals surface area contributed by atoms with Crippen LogP contribution in [0.15, 0.2) is 126 Å². The molecule has 6 rings (SSSR count). The number of nitrogens with zero attached hydrogens (tertiary/aromatic N) is 5. The number of hydrogen-bond donors (Lipinski definition) is 1. The summed E-state index contributed by atoms with van der Waals surface area (Å²) in [6.45, 7) is 11.7. The Kier molecular flexibility index (Phi) is 15.1. The molecule has 5 aromatic rings. The molecule has 2 atom stereocenters. The van der Waals surface area contributed by atoms with E-state index in [1.54, 1.807) is 28.5 Å². The van der Waals surface area contributed by atoms with Crippen LogP contribution in [0.3, 0.4) is 0 Å². The SMILES string of the molecule is C=[N+](c1ccc(C(CCC)NC(=O)c2ccc(N3CCN(Cc4ccccc4-c4ccc(Cl)cc4)CC3)cc2)cc1[N+](=O)[O-])[C@H](CCN(C)C)CSc1ccccc1. The number of anilines is 1. The average Bonchev–Trinajstić information content (AvgIpc) is 3.24. The molecule has 1 heterocycles. The first-order valence-electron chi connectivity index (χ1n) is 20.0. The maximum atomic E-state index is 13.7. The maximum absolute atomic E-state index is 13.7. The fraction of sp³-hybridized carbons (Fsp3) is 0.319. The first kappa shape index (κ1) is 42.6. The molecule has 9 nitrogen and oxygen atoms in total. The van der Waals surface area contributed by atoms with Crippen molar-refractivity contribution in [3.8, 4) is 11.1 Å². The summed E-state index contributed by atoms with van der Waals surface area (Å²) in [6.07, 6.45) is 2.23. The van der Waals surface area contributed by atoms with Gasteiger partial charge in [0.1, 0.15) is 6.72 Å². The van der Waals surface area contributed by atoms with Crippen LogP contribution in [0.5, 0.6) is 0 Å². The molecule has 0 aromatic heterocycles. The second-order valence-corrected chi connectivity index (χ2v) is 16.7. The quantitative estimate of drug-likeness (QED) is 0.0310. The molecule has 1 fully saturated rings. The molecule has 11 heteroatoms. The highest BCUT2D eigenvalue weighted by atomic mass is 35.5. The minimum absolute atomic E-state index is 0.0161. The van der Waals surface area contributed by atoms with Gasteiger partial charge in [-0.2, -0.15) is 4.58 Å². The fourth-order valence-corrected chi connectivity index (χ4v) is 8.65. The molecular weight excluding hydrogens is 764 g/mol. The van der Waals surface area contributed by atoms with Crippen LogP contribution in [0.1, 0.15) is 53.7 Å². The van der Waals surface area contributed by atoms with Crippen molar-refractivity contribution in [1.29, 1.82) is 0 Å². The number of piperazine rings is 1. The Balaban J connectivity index is 1.09. The Bertz CT molecular complexity index is 2140. The van der Waals surface area contributed by atoms with Crippen LogP contribution in [-0.4, -0.2) is 90.5 Å². The van der Waals surface area contributed by atoms with Crippen LogP contribution in [0.2, 0.25) is 5.02 Å². The molecule has 5 aromatic carbocycles. The summed E-state index contributed by atoms with van der Waals surface area (Å²) in [6, 6.07) is 39.4. The van der Waals surface area contributed by atoms with Gasteiger partial charge in [0.15, 0.2) is 6.04 Å². The largest absolute Gasteiger partial charge is 0.369 e. The van der Waals surface area contributed by atoms with Crippen LogP contribution in [0, 0.1) is 10.1 Å². The van der Waals surface area contributed by atoms with Crippen molar-refractivity contribution in [2.75, 3.05) is 57.5 Å².